The molecule has 0 aliphatic heterocycles. The maximum Gasteiger partial charge on any atom is 0.337 e. The maximum absolute atomic E-state index is 10.9. The molecule has 0 aliphatic carbocycles. The molecule has 0 spiro atoms. The second-order valence-corrected chi connectivity index (χ2v) is 4.92. The van der Waals surface area contributed by atoms with Gasteiger partial charge in [-0.25, -0.2) is 4.79 Å². The van der Waals surface area contributed by atoms with Gasteiger partial charge in [0.1, 0.15) is 0 Å². The Morgan fingerprint density at radius 1 is 1.25 bits per heavy atom. The van der Waals surface area contributed by atoms with Crippen LogP contribution in [0.4, 0.5) is 5.69 Å². The lowest BCUT2D eigenvalue weighted by atomic mass is 10.0. The Balaban J connectivity index is 2.20. The highest BCUT2D eigenvalue weighted by Crippen LogP contribution is 2.26. The molecule has 3 nitrogen and oxygen atoms in total. The van der Waals surface area contributed by atoms with Crippen LogP contribution in [0.15, 0.2) is 48.5 Å². The van der Waals surface area contributed by atoms with E-state index < -0.39 is 5.97 Å². The normalized spacial score (nSPS) is 11.9. The van der Waals surface area contributed by atoms with Gasteiger partial charge in [0.05, 0.1) is 16.6 Å². The summed E-state index contributed by atoms with van der Waals surface area (Å²) in [5, 5.41) is 12.6. The molecule has 0 amide bonds. The van der Waals surface area contributed by atoms with E-state index in [2.05, 4.69) is 24.4 Å². The van der Waals surface area contributed by atoms with Crippen molar-refractivity contribution in [2.45, 2.75) is 19.4 Å². The number of aromatic carboxylic acids is 1. The first-order chi connectivity index (χ1) is 9.61. The SMILES string of the molecule is CCC(Nc1ccc(C(=O)O)c(Cl)c1)c1ccccc1. The van der Waals surface area contributed by atoms with Crippen LogP contribution in [0.3, 0.4) is 0 Å². The number of hydrogen-bond acceptors (Lipinski definition) is 2. The van der Waals surface area contributed by atoms with Gasteiger partial charge in [-0.2, -0.15) is 0 Å². The second-order valence-electron chi connectivity index (χ2n) is 4.52. The van der Waals surface area contributed by atoms with Gasteiger partial charge in [-0.15, -0.1) is 0 Å². The molecular formula is C16H16ClNO2. The number of halogens is 1. The van der Waals surface area contributed by atoms with Crippen molar-refractivity contribution in [1.82, 2.24) is 0 Å². The lowest BCUT2D eigenvalue weighted by Gasteiger charge is -2.19. The van der Waals surface area contributed by atoms with E-state index in [4.69, 9.17) is 16.7 Å². The summed E-state index contributed by atoms with van der Waals surface area (Å²) in [6, 6.07) is 15.2. The van der Waals surface area contributed by atoms with Gasteiger partial charge in [-0.1, -0.05) is 48.9 Å². The van der Waals surface area contributed by atoms with Crippen LogP contribution in [0.5, 0.6) is 0 Å². The van der Waals surface area contributed by atoms with E-state index >= 15 is 0 Å². The molecule has 20 heavy (non-hydrogen) atoms. The predicted octanol–water partition coefficient (Wildman–Crippen LogP) is 4.60. The van der Waals surface area contributed by atoms with Gasteiger partial charge in [0.25, 0.3) is 0 Å². The van der Waals surface area contributed by atoms with Crippen LogP contribution in [-0.2, 0) is 0 Å². The Labute approximate surface area is 123 Å². The molecule has 0 heterocycles. The van der Waals surface area contributed by atoms with Crippen molar-refractivity contribution in [3.05, 3.63) is 64.7 Å². The predicted molar refractivity (Wildman–Crippen MR) is 81.5 cm³/mol. The van der Waals surface area contributed by atoms with Crippen molar-refractivity contribution >= 4 is 23.3 Å². The highest BCUT2D eigenvalue weighted by atomic mass is 35.5. The van der Waals surface area contributed by atoms with E-state index in [1.165, 1.54) is 11.6 Å². The molecule has 2 aromatic rings. The molecule has 0 aliphatic rings. The van der Waals surface area contributed by atoms with E-state index in [1.807, 2.05) is 18.2 Å². The Hall–Kier alpha value is -2.00. The molecule has 0 radical (unpaired) electrons. The average Bonchev–Trinajstić information content (AvgIpc) is 2.45. The molecule has 1 atom stereocenters. The third-order valence-electron chi connectivity index (χ3n) is 3.15. The molecule has 0 bridgehead atoms. The first-order valence-corrected chi connectivity index (χ1v) is 6.84. The number of hydrogen-bond donors (Lipinski definition) is 2. The number of carboxylic acid groups (broad SMARTS) is 1. The van der Waals surface area contributed by atoms with Crippen LogP contribution in [0.25, 0.3) is 0 Å². The Morgan fingerprint density at radius 2 is 1.95 bits per heavy atom. The fraction of sp³-hybridized carbons (Fsp3) is 0.188. The summed E-state index contributed by atoms with van der Waals surface area (Å²) in [5.41, 5.74) is 2.12. The summed E-state index contributed by atoms with van der Waals surface area (Å²) < 4.78 is 0. The zero-order valence-corrected chi connectivity index (χ0v) is 11.9. The van der Waals surface area contributed by atoms with Crippen molar-refractivity contribution in [3.8, 4) is 0 Å². The molecule has 2 rings (SSSR count). The molecule has 1 unspecified atom stereocenters. The van der Waals surface area contributed by atoms with Gasteiger partial charge in [0.2, 0.25) is 0 Å². The summed E-state index contributed by atoms with van der Waals surface area (Å²) in [6.45, 7) is 2.10. The molecule has 4 heteroatoms. The smallest absolute Gasteiger partial charge is 0.337 e. The number of rotatable bonds is 5. The van der Waals surface area contributed by atoms with E-state index in [0.717, 1.165) is 12.1 Å². The van der Waals surface area contributed by atoms with E-state index in [0.29, 0.717) is 0 Å². The van der Waals surface area contributed by atoms with Crippen molar-refractivity contribution < 1.29 is 9.90 Å². The van der Waals surface area contributed by atoms with Crippen LogP contribution >= 0.6 is 11.6 Å². The second kappa shape index (κ2) is 6.44. The van der Waals surface area contributed by atoms with Gasteiger partial charge in [-0.05, 0) is 30.2 Å². The molecular weight excluding hydrogens is 274 g/mol. The van der Waals surface area contributed by atoms with Gasteiger partial charge in [0, 0.05) is 5.69 Å². The van der Waals surface area contributed by atoms with Crippen LogP contribution < -0.4 is 5.32 Å². The fourth-order valence-corrected chi connectivity index (χ4v) is 2.35. The van der Waals surface area contributed by atoms with Gasteiger partial charge >= 0.3 is 5.97 Å². The van der Waals surface area contributed by atoms with Crippen molar-refractivity contribution in [2.75, 3.05) is 5.32 Å². The third-order valence-corrected chi connectivity index (χ3v) is 3.46. The minimum atomic E-state index is -1.02. The first kappa shape index (κ1) is 14.4. The van der Waals surface area contributed by atoms with Gasteiger partial charge in [0.15, 0.2) is 0 Å². The Bertz CT molecular complexity index is 599. The summed E-state index contributed by atoms with van der Waals surface area (Å²) >= 11 is 5.98. The molecule has 0 saturated carbocycles. The number of benzene rings is 2. The molecule has 2 N–H and O–H groups in total. The van der Waals surface area contributed by atoms with Crippen LogP contribution in [0.2, 0.25) is 5.02 Å². The quantitative estimate of drug-likeness (QED) is 0.845. The van der Waals surface area contributed by atoms with Crippen molar-refractivity contribution in [3.63, 3.8) is 0 Å². The highest BCUT2D eigenvalue weighted by molar-refractivity contribution is 6.33. The average molecular weight is 290 g/mol. The van der Waals surface area contributed by atoms with Crippen LogP contribution in [0, 0.1) is 0 Å². The molecule has 0 aromatic heterocycles. The van der Waals surface area contributed by atoms with Crippen LogP contribution in [0.1, 0.15) is 35.3 Å². The van der Waals surface area contributed by atoms with E-state index in [-0.39, 0.29) is 16.6 Å². The largest absolute Gasteiger partial charge is 0.478 e. The summed E-state index contributed by atoms with van der Waals surface area (Å²) in [7, 11) is 0. The first-order valence-electron chi connectivity index (χ1n) is 6.46. The lowest BCUT2D eigenvalue weighted by molar-refractivity contribution is 0.0697. The van der Waals surface area contributed by atoms with Gasteiger partial charge in [-0.3, -0.25) is 0 Å². The number of anilines is 1. The summed E-state index contributed by atoms with van der Waals surface area (Å²) in [4.78, 5) is 10.9. The van der Waals surface area contributed by atoms with Crippen molar-refractivity contribution in [1.29, 1.82) is 0 Å². The Morgan fingerprint density at radius 3 is 2.50 bits per heavy atom. The van der Waals surface area contributed by atoms with Crippen molar-refractivity contribution in [2.24, 2.45) is 0 Å². The van der Waals surface area contributed by atoms with E-state index in [1.54, 1.807) is 12.1 Å². The maximum atomic E-state index is 10.9. The molecule has 2 aromatic carbocycles. The number of nitrogens with one attached hydrogen (secondary N) is 1. The van der Waals surface area contributed by atoms with E-state index in [9.17, 15) is 4.79 Å². The summed E-state index contributed by atoms with van der Waals surface area (Å²) in [5.74, 6) is -1.02. The number of carbonyl (C=O) groups is 1. The zero-order valence-electron chi connectivity index (χ0n) is 11.1. The monoisotopic (exact) mass is 289 g/mol. The van der Waals surface area contributed by atoms with Gasteiger partial charge < -0.3 is 10.4 Å². The third kappa shape index (κ3) is 3.31. The number of carboxylic acids is 1. The fourth-order valence-electron chi connectivity index (χ4n) is 2.09. The standard InChI is InChI=1S/C16H16ClNO2/c1-2-15(11-6-4-3-5-7-11)18-12-8-9-13(16(19)20)14(17)10-12/h3-10,15,18H,2H2,1H3,(H,19,20). The zero-order chi connectivity index (χ0) is 14.5. The highest BCUT2D eigenvalue weighted by Gasteiger charge is 2.12. The molecule has 0 saturated heterocycles. The topological polar surface area (TPSA) is 49.3 Å². The molecule has 104 valence electrons. The summed E-state index contributed by atoms with van der Waals surface area (Å²) in [6.07, 6.45) is 0.919. The lowest BCUT2D eigenvalue weighted by Crippen LogP contribution is -2.10. The molecule has 0 fully saturated rings. The van der Waals surface area contributed by atoms with Crippen LogP contribution in [-0.4, -0.2) is 11.1 Å². The minimum absolute atomic E-state index is 0.116. The minimum Gasteiger partial charge on any atom is -0.478 e. The Kier molecular flexibility index (Phi) is 4.64.